The molecule has 134 valence electrons. The predicted octanol–water partition coefficient (Wildman–Crippen LogP) is 1.85. The Hall–Kier alpha value is -2.55. The van der Waals surface area contributed by atoms with Crippen LogP contribution in [0.3, 0.4) is 0 Å². The molecule has 1 heterocycles. The van der Waals surface area contributed by atoms with Crippen LogP contribution in [0.4, 0.5) is 5.69 Å². The summed E-state index contributed by atoms with van der Waals surface area (Å²) in [4.78, 5) is 24.1. The fourth-order valence-electron chi connectivity index (χ4n) is 2.10. The molecular weight excluding hydrogens is 342 g/mol. The Balaban J connectivity index is 1.98. The van der Waals surface area contributed by atoms with E-state index < -0.39 is 5.97 Å². The van der Waals surface area contributed by atoms with Gasteiger partial charge in [0, 0.05) is 6.42 Å². The van der Waals surface area contributed by atoms with Gasteiger partial charge in [-0.25, -0.2) is 9.47 Å². The summed E-state index contributed by atoms with van der Waals surface area (Å²) >= 11 is 1.18. The van der Waals surface area contributed by atoms with Gasteiger partial charge in [-0.2, -0.15) is 0 Å². The molecule has 0 aliphatic heterocycles. The topological polar surface area (TPSA) is 112 Å². The van der Waals surface area contributed by atoms with Crippen LogP contribution >= 0.6 is 11.8 Å². The molecule has 1 amide bonds. The van der Waals surface area contributed by atoms with Crippen molar-refractivity contribution in [2.45, 2.75) is 31.8 Å². The summed E-state index contributed by atoms with van der Waals surface area (Å²) in [5, 5.41) is 11.2. The molecule has 0 aliphatic carbocycles. The fourth-order valence-corrected chi connectivity index (χ4v) is 2.77. The van der Waals surface area contributed by atoms with Gasteiger partial charge in [-0.05, 0) is 25.5 Å². The number of carbonyl (C=O) groups excluding carboxylic acids is 2. The second-order valence-corrected chi connectivity index (χ2v) is 6.06. The quantitative estimate of drug-likeness (QED) is 0.418. The molecule has 1 aromatic carbocycles. The third kappa shape index (κ3) is 4.96. The predicted molar refractivity (Wildman–Crippen MR) is 95.9 cm³/mol. The molecule has 0 saturated carbocycles. The lowest BCUT2D eigenvalue weighted by atomic mass is 10.2. The lowest BCUT2D eigenvalue weighted by molar-refractivity contribution is -0.113. The largest absolute Gasteiger partial charge is 0.462 e. The van der Waals surface area contributed by atoms with Crippen molar-refractivity contribution in [2.24, 2.45) is 0 Å². The van der Waals surface area contributed by atoms with Crippen LogP contribution < -0.4 is 11.2 Å². The number of para-hydroxylation sites is 1. The second kappa shape index (κ2) is 9.07. The van der Waals surface area contributed by atoms with E-state index in [1.54, 1.807) is 31.2 Å². The molecule has 0 saturated heterocycles. The van der Waals surface area contributed by atoms with Crippen LogP contribution in [-0.2, 0) is 16.0 Å². The van der Waals surface area contributed by atoms with Gasteiger partial charge < -0.3 is 15.9 Å². The van der Waals surface area contributed by atoms with Crippen molar-refractivity contribution < 1.29 is 14.3 Å². The Kier molecular flexibility index (Phi) is 6.81. The first-order chi connectivity index (χ1) is 12.1. The minimum absolute atomic E-state index is 0.0959. The zero-order valence-corrected chi connectivity index (χ0v) is 15.0. The number of amides is 1. The summed E-state index contributed by atoms with van der Waals surface area (Å²) in [6, 6.07) is 6.70. The van der Waals surface area contributed by atoms with E-state index in [9.17, 15) is 9.59 Å². The van der Waals surface area contributed by atoms with E-state index in [1.807, 2.05) is 6.92 Å². The Morgan fingerprint density at radius 3 is 2.76 bits per heavy atom. The number of nitrogen functional groups attached to an aromatic ring is 1. The number of anilines is 1. The molecule has 0 spiro atoms. The third-order valence-corrected chi connectivity index (χ3v) is 4.18. The number of hydrogen-bond donors (Lipinski definition) is 2. The van der Waals surface area contributed by atoms with E-state index in [2.05, 4.69) is 15.5 Å². The summed E-state index contributed by atoms with van der Waals surface area (Å²) in [6.07, 6.45) is 1.63. The maximum Gasteiger partial charge on any atom is 0.340 e. The number of nitrogens with one attached hydrogen (secondary N) is 1. The van der Waals surface area contributed by atoms with Crippen molar-refractivity contribution in [1.82, 2.24) is 14.9 Å². The molecule has 1 aromatic heterocycles. The number of carbonyl (C=O) groups is 2. The van der Waals surface area contributed by atoms with Crippen molar-refractivity contribution in [1.29, 1.82) is 0 Å². The third-order valence-electron chi connectivity index (χ3n) is 3.24. The van der Waals surface area contributed by atoms with Gasteiger partial charge in [0.1, 0.15) is 0 Å². The van der Waals surface area contributed by atoms with Crippen molar-refractivity contribution >= 4 is 29.3 Å². The smallest absolute Gasteiger partial charge is 0.340 e. The number of esters is 1. The van der Waals surface area contributed by atoms with Gasteiger partial charge in [-0.1, -0.05) is 30.8 Å². The van der Waals surface area contributed by atoms with Gasteiger partial charge in [-0.15, -0.1) is 10.2 Å². The number of ether oxygens (including phenoxy) is 1. The molecule has 0 bridgehead atoms. The van der Waals surface area contributed by atoms with E-state index in [-0.39, 0.29) is 18.3 Å². The van der Waals surface area contributed by atoms with Gasteiger partial charge in [-0.3, -0.25) is 4.79 Å². The first kappa shape index (κ1) is 18.8. The average molecular weight is 363 g/mol. The summed E-state index contributed by atoms with van der Waals surface area (Å²) in [5.74, 6) is 5.93. The summed E-state index contributed by atoms with van der Waals surface area (Å²) in [7, 11) is 0. The van der Waals surface area contributed by atoms with Crippen LogP contribution in [-0.4, -0.2) is 39.1 Å². The molecule has 0 fully saturated rings. The molecule has 2 rings (SSSR count). The highest BCUT2D eigenvalue weighted by atomic mass is 32.2. The first-order valence-corrected chi connectivity index (χ1v) is 8.93. The maximum atomic E-state index is 12.2. The lowest BCUT2D eigenvalue weighted by Crippen LogP contribution is -2.19. The highest BCUT2D eigenvalue weighted by molar-refractivity contribution is 7.99. The van der Waals surface area contributed by atoms with Gasteiger partial charge in [0.15, 0.2) is 5.82 Å². The van der Waals surface area contributed by atoms with Gasteiger partial charge in [0.05, 0.1) is 23.6 Å². The van der Waals surface area contributed by atoms with E-state index in [0.29, 0.717) is 22.2 Å². The number of nitrogens with zero attached hydrogens (tertiary/aromatic N) is 3. The number of benzene rings is 1. The minimum Gasteiger partial charge on any atom is -0.462 e. The number of aromatic nitrogens is 3. The van der Waals surface area contributed by atoms with E-state index >= 15 is 0 Å². The molecule has 0 atom stereocenters. The Morgan fingerprint density at radius 2 is 2.04 bits per heavy atom. The fraction of sp³-hybridized carbons (Fsp3) is 0.375. The molecule has 25 heavy (non-hydrogen) atoms. The van der Waals surface area contributed by atoms with E-state index in [0.717, 1.165) is 12.8 Å². The van der Waals surface area contributed by atoms with Gasteiger partial charge >= 0.3 is 5.97 Å². The molecule has 9 heteroatoms. The van der Waals surface area contributed by atoms with Crippen molar-refractivity contribution in [3.8, 4) is 0 Å². The summed E-state index contributed by atoms with van der Waals surface area (Å²) in [5.41, 5.74) is 0.724. The molecule has 0 radical (unpaired) electrons. The SMILES string of the molecule is CCCc1nnc(SCC(=O)Nc2ccccc2C(=O)OCC)n1N. The molecule has 8 nitrogen and oxygen atoms in total. The number of aryl methyl sites for hydroxylation is 1. The summed E-state index contributed by atoms with van der Waals surface area (Å²) < 4.78 is 6.38. The number of thioether (sulfide) groups is 1. The molecule has 0 aliphatic rings. The second-order valence-electron chi connectivity index (χ2n) is 5.12. The van der Waals surface area contributed by atoms with E-state index in [4.69, 9.17) is 10.6 Å². The standard InChI is InChI=1S/C16H21N5O3S/c1-3-7-13-19-20-16(21(13)17)25-10-14(22)18-12-9-6-5-8-11(12)15(23)24-4-2/h5-6,8-9H,3-4,7,10,17H2,1-2H3,(H,18,22). The molecule has 0 unspecified atom stereocenters. The normalized spacial score (nSPS) is 10.5. The highest BCUT2D eigenvalue weighted by Crippen LogP contribution is 2.19. The van der Waals surface area contributed by atoms with Crippen LogP contribution in [0.2, 0.25) is 0 Å². The molecular formula is C16H21N5O3S. The first-order valence-electron chi connectivity index (χ1n) is 7.95. The highest BCUT2D eigenvalue weighted by Gasteiger charge is 2.15. The van der Waals surface area contributed by atoms with Crippen molar-refractivity contribution in [2.75, 3.05) is 23.5 Å². The van der Waals surface area contributed by atoms with Gasteiger partial charge in [0.2, 0.25) is 11.1 Å². The van der Waals surface area contributed by atoms with Crippen molar-refractivity contribution in [3.05, 3.63) is 35.7 Å². The number of nitrogens with two attached hydrogens (primary N) is 1. The zero-order valence-electron chi connectivity index (χ0n) is 14.2. The monoisotopic (exact) mass is 363 g/mol. The number of hydrogen-bond acceptors (Lipinski definition) is 7. The van der Waals surface area contributed by atoms with E-state index in [1.165, 1.54) is 16.4 Å². The lowest BCUT2D eigenvalue weighted by Gasteiger charge is -2.10. The average Bonchev–Trinajstić information content (AvgIpc) is 2.94. The molecule has 3 N–H and O–H groups in total. The Bertz CT molecular complexity index is 747. The van der Waals surface area contributed by atoms with Crippen LogP contribution in [0, 0.1) is 0 Å². The minimum atomic E-state index is -0.475. The van der Waals surface area contributed by atoms with Crippen LogP contribution in [0.25, 0.3) is 0 Å². The van der Waals surface area contributed by atoms with Crippen LogP contribution in [0.1, 0.15) is 36.5 Å². The Morgan fingerprint density at radius 1 is 1.28 bits per heavy atom. The number of rotatable bonds is 8. The Labute approximate surface area is 150 Å². The zero-order chi connectivity index (χ0) is 18.2. The molecule has 2 aromatic rings. The van der Waals surface area contributed by atoms with Crippen LogP contribution in [0.15, 0.2) is 29.4 Å². The summed E-state index contributed by atoms with van der Waals surface area (Å²) in [6.45, 7) is 4.02. The van der Waals surface area contributed by atoms with Gasteiger partial charge in [0.25, 0.3) is 0 Å². The van der Waals surface area contributed by atoms with Crippen LogP contribution in [0.5, 0.6) is 0 Å². The maximum absolute atomic E-state index is 12.2. The van der Waals surface area contributed by atoms with Crippen molar-refractivity contribution in [3.63, 3.8) is 0 Å².